The van der Waals surface area contributed by atoms with Crippen LogP contribution in [0.3, 0.4) is 0 Å². The average Bonchev–Trinajstić information content (AvgIpc) is 3.08. The van der Waals surface area contributed by atoms with E-state index in [1.54, 1.807) is 6.20 Å². The Kier molecular flexibility index (Phi) is 4.12. The molecule has 1 atom stereocenters. The van der Waals surface area contributed by atoms with Crippen molar-refractivity contribution in [1.82, 2.24) is 4.98 Å². The summed E-state index contributed by atoms with van der Waals surface area (Å²) < 4.78 is 5.10. The number of nitrogens with zero attached hydrogens (tertiary/aromatic N) is 1. The zero-order chi connectivity index (χ0) is 14.5. The number of hydrogen-bond acceptors (Lipinski definition) is 3. The van der Waals surface area contributed by atoms with Gasteiger partial charge in [0.25, 0.3) is 0 Å². The number of aliphatic hydroxyl groups excluding tert-OH is 1. The van der Waals surface area contributed by atoms with Crippen LogP contribution in [0.25, 0.3) is 11.1 Å². The van der Waals surface area contributed by atoms with Gasteiger partial charge >= 0.3 is 0 Å². The predicted molar refractivity (Wildman–Crippen MR) is 81.7 cm³/mol. The third-order valence-electron chi connectivity index (χ3n) is 3.50. The van der Waals surface area contributed by atoms with Crippen LogP contribution in [-0.2, 0) is 6.42 Å². The van der Waals surface area contributed by atoms with Crippen LogP contribution < -0.4 is 0 Å². The van der Waals surface area contributed by atoms with Gasteiger partial charge in [-0.05, 0) is 29.5 Å². The summed E-state index contributed by atoms with van der Waals surface area (Å²) in [5.41, 5.74) is 3.61. The zero-order valence-electron chi connectivity index (χ0n) is 11.6. The van der Waals surface area contributed by atoms with Crippen molar-refractivity contribution in [2.24, 2.45) is 0 Å². The van der Waals surface area contributed by atoms with Gasteiger partial charge in [-0.2, -0.15) is 0 Å². The molecule has 0 saturated carbocycles. The highest BCUT2D eigenvalue weighted by Crippen LogP contribution is 2.21. The van der Waals surface area contributed by atoms with Gasteiger partial charge in [-0.25, -0.2) is 4.98 Å². The molecule has 0 aliphatic heterocycles. The number of hydrogen-bond donors (Lipinski definition) is 1. The van der Waals surface area contributed by atoms with Crippen LogP contribution >= 0.6 is 0 Å². The summed E-state index contributed by atoms with van der Waals surface area (Å²) in [5, 5.41) is 9.95. The van der Waals surface area contributed by atoms with E-state index in [0.717, 1.165) is 6.42 Å². The first-order chi connectivity index (χ1) is 10.3. The van der Waals surface area contributed by atoms with Gasteiger partial charge in [0.1, 0.15) is 12.4 Å². The van der Waals surface area contributed by atoms with E-state index in [1.807, 2.05) is 18.2 Å². The Balaban J connectivity index is 1.62. The lowest BCUT2D eigenvalue weighted by Crippen LogP contribution is -1.99. The fraction of sp³-hybridized carbons (Fsp3) is 0.167. The van der Waals surface area contributed by atoms with Gasteiger partial charge in [0.05, 0.1) is 6.20 Å². The van der Waals surface area contributed by atoms with Gasteiger partial charge in [-0.3, -0.25) is 0 Å². The van der Waals surface area contributed by atoms with Gasteiger partial charge in [-0.1, -0.05) is 54.6 Å². The lowest BCUT2D eigenvalue weighted by molar-refractivity contribution is 0.134. The number of aromatic nitrogens is 1. The molecule has 2 aromatic carbocycles. The Morgan fingerprint density at radius 3 is 2.33 bits per heavy atom. The van der Waals surface area contributed by atoms with Crippen LogP contribution in [0.1, 0.15) is 24.0 Å². The largest absolute Gasteiger partial charge is 0.446 e. The second-order valence-electron chi connectivity index (χ2n) is 4.99. The zero-order valence-corrected chi connectivity index (χ0v) is 11.6. The SMILES string of the molecule is OC(CCc1ccc(-c2ccccc2)cc1)c1ncco1. The van der Waals surface area contributed by atoms with Crippen molar-refractivity contribution in [1.29, 1.82) is 0 Å². The molecule has 0 spiro atoms. The number of oxazole rings is 1. The first kappa shape index (κ1) is 13.6. The molecule has 1 aromatic heterocycles. The summed E-state index contributed by atoms with van der Waals surface area (Å²) >= 11 is 0. The van der Waals surface area contributed by atoms with E-state index in [9.17, 15) is 5.11 Å². The topological polar surface area (TPSA) is 46.3 Å². The lowest BCUT2D eigenvalue weighted by atomic mass is 10.0. The molecule has 3 aromatic rings. The summed E-state index contributed by atoms with van der Waals surface area (Å²) in [7, 11) is 0. The molecule has 0 aliphatic rings. The van der Waals surface area contributed by atoms with Gasteiger partial charge in [-0.15, -0.1) is 0 Å². The molecule has 1 N–H and O–H groups in total. The smallest absolute Gasteiger partial charge is 0.222 e. The van der Waals surface area contributed by atoms with Gasteiger partial charge in [0.2, 0.25) is 5.89 Å². The van der Waals surface area contributed by atoms with Crippen molar-refractivity contribution in [3.8, 4) is 11.1 Å². The molecule has 1 heterocycles. The Labute approximate surface area is 123 Å². The number of rotatable bonds is 5. The molecule has 21 heavy (non-hydrogen) atoms. The number of aryl methyl sites for hydroxylation is 1. The fourth-order valence-electron chi connectivity index (χ4n) is 2.32. The Morgan fingerprint density at radius 1 is 0.952 bits per heavy atom. The summed E-state index contributed by atoms with van der Waals surface area (Å²) in [4.78, 5) is 3.97. The highest BCUT2D eigenvalue weighted by molar-refractivity contribution is 5.63. The van der Waals surface area contributed by atoms with Gasteiger partial charge in [0, 0.05) is 0 Å². The Hall–Kier alpha value is -2.39. The van der Waals surface area contributed by atoms with Crippen LogP contribution in [0.5, 0.6) is 0 Å². The van der Waals surface area contributed by atoms with Crippen LogP contribution in [0, 0.1) is 0 Å². The summed E-state index contributed by atoms with van der Waals surface area (Å²) in [6.07, 6.45) is 3.78. The van der Waals surface area contributed by atoms with Crippen molar-refractivity contribution in [2.45, 2.75) is 18.9 Å². The van der Waals surface area contributed by atoms with Crippen molar-refractivity contribution >= 4 is 0 Å². The van der Waals surface area contributed by atoms with E-state index in [-0.39, 0.29) is 0 Å². The minimum atomic E-state index is -0.645. The molecular formula is C18H17NO2. The second-order valence-corrected chi connectivity index (χ2v) is 4.99. The van der Waals surface area contributed by atoms with Crippen molar-refractivity contribution < 1.29 is 9.52 Å². The monoisotopic (exact) mass is 279 g/mol. The third-order valence-corrected chi connectivity index (χ3v) is 3.50. The predicted octanol–water partition coefficient (Wildman–Crippen LogP) is 4.01. The molecule has 0 amide bonds. The molecule has 3 nitrogen and oxygen atoms in total. The highest BCUT2D eigenvalue weighted by atomic mass is 16.4. The summed E-state index contributed by atoms with van der Waals surface area (Å²) in [5.74, 6) is 0.385. The van der Waals surface area contributed by atoms with E-state index < -0.39 is 6.10 Å². The maximum atomic E-state index is 9.95. The maximum Gasteiger partial charge on any atom is 0.222 e. The lowest BCUT2D eigenvalue weighted by Gasteiger charge is -2.07. The Bertz CT molecular complexity index is 660. The van der Waals surface area contributed by atoms with Crippen LogP contribution in [-0.4, -0.2) is 10.1 Å². The molecule has 0 fully saturated rings. The Morgan fingerprint density at radius 2 is 1.67 bits per heavy atom. The second kappa shape index (κ2) is 6.37. The molecule has 0 radical (unpaired) electrons. The van der Waals surface area contributed by atoms with Crippen molar-refractivity contribution in [3.63, 3.8) is 0 Å². The van der Waals surface area contributed by atoms with Gasteiger partial charge in [0.15, 0.2) is 0 Å². The van der Waals surface area contributed by atoms with E-state index >= 15 is 0 Å². The van der Waals surface area contributed by atoms with E-state index in [0.29, 0.717) is 12.3 Å². The van der Waals surface area contributed by atoms with E-state index in [4.69, 9.17) is 4.42 Å². The minimum absolute atomic E-state index is 0.385. The van der Waals surface area contributed by atoms with Crippen molar-refractivity contribution in [3.05, 3.63) is 78.5 Å². The molecule has 106 valence electrons. The van der Waals surface area contributed by atoms with Crippen LogP contribution in [0.4, 0.5) is 0 Å². The molecule has 0 bridgehead atoms. The van der Waals surface area contributed by atoms with Crippen LogP contribution in [0.15, 0.2) is 71.5 Å². The average molecular weight is 279 g/mol. The fourth-order valence-corrected chi connectivity index (χ4v) is 2.32. The summed E-state index contributed by atoms with van der Waals surface area (Å²) in [6, 6.07) is 18.7. The quantitative estimate of drug-likeness (QED) is 0.767. The molecule has 1 unspecified atom stereocenters. The summed E-state index contributed by atoms with van der Waals surface area (Å²) in [6.45, 7) is 0. The first-order valence-corrected chi connectivity index (χ1v) is 7.05. The number of benzene rings is 2. The van der Waals surface area contributed by atoms with E-state index in [1.165, 1.54) is 23.0 Å². The maximum absolute atomic E-state index is 9.95. The van der Waals surface area contributed by atoms with E-state index in [2.05, 4.69) is 41.4 Å². The molecule has 3 rings (SSSR count). The van der Waals surface area contributed by atoms with Crippen LogP contribution in [0.2, 0.25) is 0 Å². The highest BCUT2D eigenvalue weighted by Gasteiger charge is 2.11. The van der Waals surface area contributed by atoms with Gasteiger partial charge < -0.3 is 9.52 Å². The molecular weight excluding hydrogens is 262 g/mol. The normalized spacial score (nSPS) is 12.2. The number of aliphatic hydroxyl groups is 1. The first-order valence-electron chi connectivity index (χ1n) is 7.05. The minimum Gasteiger partial charge on any atom is -0.446 e. The standard InChI is InChI=1S/C18H17NO2/c20-17(18-19-12-13-21-18)11-8-14-6-9-16(10-7-14)15-4-2-1-3-5-15/h1-7,9-10,12-13,17,20H,8,11H2. The molecule has 3 heteroatoms. The van der Waals surface area contributed by atoms with Crippen molar-refractivity contribution in [2.75, 3.05) is 0 Å². The molecule has 0 saturated heterocycles. The third kappa shape index (κ3) is 3.38. The molecule has 0 aliphatic carbocycles.